The number of nitrogens with zero attached hydrogens (tertiary/aromatic N) is 3. The number of hydrogen-bond donors (Lipinski definition) is 2. The van der Waals surface area contributed by atoms with E-state index in [1.54, 1.807) is 4.68 Å². The van der Waals surface area contributed by atoms with Crippen molar-refractivity contribution < 1.29 is 9.84 Å². The van der Waals surface area contributed by atoms with Crippen LogP contribution < -0.4 is 5.32 Å². The number of aliphatic hydroxyl groups excluding tert-OH is 1. The normalized spacial score (nSPS) is 12.9. The molecule has 0 bridgehead atoms. The Hall–Kier alpha value is -0.980. The van der Waals surface area contributed by atoms with Gasteiger partial charge in [0.2, 0.25) is 0 Å². The van der Waals surface area contributed by atoms with Crippen molar-refractivity contribution in [3.05, 3.63) is 11.9 Å². The maximum Gasteiger partial charge on any atom is 0.0969 e. The molecule has 0 amide bonds. The number of nitrogens with one attached hydrogen (secondary N) is 1. The Bertz CT molecular complexity index is 303. The fourth-order valence-corrected chi connectivity index (χ4v) is 1.42. The van der Waals surface area contributed by atoms with Gasteiger partial charge in [-0.1, -0.05) is 18.6 Å². The highest BCUT2D eigenvalue weighted by Gasteiger charge is 2.07. The third-order valence-electron chi connectivity index (χ3n) is 2.29. The molecular formula is C11H22N4O2. The minimum atomic E-state index is -0.531. The van der Waals surface area contributed by atoms with Crippen molar-refractivity contribution in [3.63, 3.8) is 0 Å². The van der Waals surface area contributed by atoms with E-state index < -0.39 is 6.10 Å². The Morgan fingerprint density at radius 3 is 3.12 bits per heavy atom. The van der Waals surface area contributed by atoms with E-state index in [9.17, 15) is 5.11 Å². The molecule has 6 heteroatoms. The zero-order chi connectivity index (χ0) is 12.5. The molecule has 1 aromatic rings. The Labute approximate surface area is 102 Å². The molecule has 0 aliphatic heterocycles. The second kappa shape index (κ2) is 8.16. The van der Waals surface area contributed by atoms with Crippen molar-refractivity contribution in [3.8, 4) is 0 Å². The molecule has 98 valence electrons. The molecule has 1 unspecified atom stereocenters. The summed E-state index contributed by atoms with van der Waals surface area (Å²) in [7, 11) is 1.86. The van der Waals surface area contributed by atoms with Gasteiger partial charge < -0.3 is 15.2 Å². The van der Waals surface area contributed by atoms with Gasteiger partial charge in [0.1, 0.15) is 0 Å². The molecule has 0 fully saturated rings. The van der Waals surface area contributed by atoms with Crippen LogP contribution in [0.5, 0.6) is 0 Å². The molecule has 0 saturated heterocycles. The number of rotatable bonds is 9. The van der Waals surface area contributed by atoms with Crippen molar-refractivity contribution >= 4 is 0 Å². The average molecular weight is 242 g/mol. The summed E-state index contributed by atoms with van der Waals surface area (Å²) in [5.74, 6) is 0. The maximum atomic E-state index is 9.71. The zero-order valence-electron chi connectivity index (χ0n) is 10.6. The monoisotopic (exact) mass is 242 g/mol. The molecular weight excluding hydrogens is 220 g/mol. The highest BCUT2D eigenvalue weighted by Crippen LogP contribution is 1.97. The third-order valence-corrected chi connectivity index (χ3v) is 2.29. The van der Waals surface area contributed by atoms with Gasteiger partial charge in [0.15, 0.2) is 0 Å². The summed E-state index contributed by atoms with van der Waals surface area (Å²) in [6.07, 6.45) is 3.43. The lowest BCUT2D eigenvalue weighted by Gasteiger charge is -2.10. The van der Waals surface area contributed by atoms with Crippen LogP contribution in [-0.2, 0) is 17.8 Å². The summed E-state index contributed by atoms with van der Waals surface area (Å²) in [6, 6.07) is 0. The predicted molar refractivity (Wildman–Crippen MR) is 64.5 cm³/mol. The van der Waals surface area contributed by atoms with Gasteiger partial charge in [0, 0.05) is 19.3 Å². The molecule has 6 nitrogen and oxygen atoms in total. The fourth-order valence-electron chi connectivity index (χ4n) is 1.42. The van der Waals surface area contributed by atoms with Gasteiger partial charge in [-0.05, 0) is 13.5 Å². The van der Waals surface area contributed by atoms with Crippen molar-refractivity contribution in [2.75, 3.05) is 20.3 Å². The summed E-state index contributed by atoms with van der Waals surface area (Å²) >= 11 is 0. The number of ether oxygens (including phenoxy) is 1. The van der Waals surface area contributed by atoms with Crippen molar-refractivity contribution in [2.45, 2.75) is 39.0 Å². The molecule has 17 heavy (non-hydrogen) atoms. The molecule has 2 N–H and O–H groups in total. The van der Waals surface area contributed by atoms with Crippen LogP contribution in [0.25, 0.3) is 0 Å². The van der Waals surface area contributed by atoms with Gasteiger partial charge in [-0.15, -0.1) is 5.10 Å². The lowest BCUT2D eigenvalue weighted by Crippen LogP contribution is -2.22. The summed E-state index contributed by atoms with van der Waals surface area (Å²) in [4.78, 5) is 0. The molecule has 1 rings (SSSR count). The van der Waals surface area contributed by atoms with Gasteiger partial charge in [0.05, 0.1) is 24.9 Å². The maximum absolute atomic E-state index is 9.71. The third kappa shape index (κ3) is 5.76. The van der Waals surface area contributed by atoms with Crippen LogP contribution in [0, 0.1) is 0 Å². The highest BCUT2D eigenvalue weighted by atomic mass is 16.5. The molecule has 0 saturated carbocycles. The molecule has 0 aromatic carbocycles. The quantitative estimate of drug-likeness (QED) is 0.604. The molecule has 1 aromatic heterocycles. The van der Waals surface area contributed by atoms with E-state index >= 15 is 0 Å². The lowest BCUT2D eigenvalue weighted by molar-refractivity contribution is 0.0251. The Balaban J connectivity index is 2.22. The highest BCUT2D eigenvalue weighted by molar-refractivity contribution is 4.91. The van der Waals surface area contributed by atoms with Crippen LogP contribution in [-0.4, -0.2) is 46.5 Å². The molecule has 1 heterocycles. The standard InChI is InChI=1S/C11H22N4O2/c1-3-4-5-17-9-11(16)8-15-7-10(6-12-2)13-14-15/h7,11-12,16H,3-6,8-9H2,1-2H3. The number of aliphatic hydroxyl groups is 1. The summed E-state index contributed by atoms with van der Waals surface area (Å²) in [5.41, 5.74) is 0.867. The van der Waals surface area contributed by atoms with E-state index in [4.69, 9.17) is 4.74 Å². The smallest absolute Gasteiger partial charge is 0.0969 e. The number of aromatic nitrogens is 3. The topological polar surface area (TPSA) is 72.2 Å². The van der Waals surface area contributed by atoms with Crippen LogP contribution in [0.1, 0.15) is 25.5 Å². The second-order valence-corrected chi connectivity index (χ2v) is 4.04. The molecule has 1 atom stereocenters. The second-order valence-electron chi connectivity index (χ2n) is 4.04. The van der Waals surface area contributed by atoms with Crippen LogP contribution in [0.15, 0.2) is 6.20 Å². The first kappa shape index (κ1) is 14.1. The zero-order valence-corrected chi connectivity index (χ0v) is 10.6. The minimum absolute atomic E-state index is 0.348. The molecule has 0 aliphatic carbocycles. The molecule has 0 spiro atoms. The Morgan fingerprint density at radius 1 is 1.59 bits per heavy atom. The number of unbranched alkanes of at least 4 members (excludes halogenated alkanes) is 1. The molecule has 0 aliphatic rings. The summed E-state index contributed by atoms with van der Waals surface area (Å²) in [5, 5.41) is 20.6. The van der Waals surface area contributed by atoms with Crippen LogP contribution in [0.3, 0.4) is 0 Å². The Kier molecular flexibility index (Phi) is 6.76. The average Bonchev–Trinajstić information content (AvgIpc) is 2.73. The SMILES string of the molecule is CCCCOCC(O)Cn1cc(CNC)nn1. The minimum Gasteiger partial charge on any atom is -0.389 e. The summed E-state index contributed by atoms with van der Waals surface area (Å²) in [6.45, 7) is 4.27. The first-order chi connectivity index (χ1) is 8.26. The van der Waals surface area contributed by atoms with Crippen molar-refractivity contribution in [1.29, 1.82) is 0 Å². The summed E-state index contributed by atoms with van der Waals surface area (Å²) < 4.78 is 6.98. The Morgan fingerprint density at radius 2 is 2.41 bits per heavy atom. The van der Waals surface area contributed by atoms with E-state index in [-0.39, 0.29) is 0 Å². The number of hydrogen-bond acceptors (Lipinski definition) is 5. The van der Waals surface area contributed by atoms with Gasteiger partial charge >= 0.3 is 0 Å². The fraction of sp³-hybridized carbons (Fsp3) is 0.818. The van der Waals surface area contributed by atoms with Gasteiger partial charge in [0.25, 0.3) is 0 Å². The lowest BCUT2D eigenvalue weighted by atomic mass is 10.3. The van der Waals surface area contributed by atoms with E-state index in [2.05, 4.69) is 22.6 Å². The molecule has 0 radical (unpaired) electrons. The van der Waals surface area contributed by atoms with Gasteiger partial charge in [-0.25, -0.2) is 4.68 Å². The van der Waals surface area contributed by atoms with Crippen molar-refractivity contribution in [2.24, 2.45) is 0 Å². The van der Waals surface area contributed by atoms with Gasteiger partial charge in [-0.2, -0.15) is 0 Å². The van der Waals surface area contributed by atoms with Crippen LogP contribution in [0.4, 0.5) is 0 Å². The van der Waals surface area contributed by atoms with Crippen LogP contribution >= 0.6 is 0 Å². The first-order valence-electron chi connectivity index (χ1n) is 6.05. The van der Waals surface area contributed by atoms with Gasteiger partial charge in [-0.3, -0.25) is 0 Å². The van der Waals surface area contributed by atoms with E-state index in [0.717, 1.165) is 18.5 Å². The predicted octanol–water partition coefficient (Wildman–Crippen LogP) is 0.175. The van der Waals surface area contributed by atoms with Crippen LogP contribution in [0.2, 0.25) is 0 Å². The van der Waals surface area contributed by atoms with E-state index in [1.165, 1.54) is 0 Å². The van der Waals surface area contributed by atoms with E-state index in [0.29, 0.717) is 26.3 Å². The largest absolute Gasteiger partial charge is 0.389 e. The van der Waals surface area contributed by atoms with E-state index in [1.807, 2.05) is 13.2 Å². The van der Waals surface area contributed by atoms with Crippen molar-refractivity contribution in [1.82, 2.24) is 20.3 Å². The first-order valence-corrected chi connectivity index (χ1v) is 6.05.